The minimum Gasteiger partial charge on any atom is -0.497 e. The van der Waals surface area contributed by atoms with E-state index in [1.54, 1.807) is 30.3 Å². The first-order chi connectivity index (χ1) is 13.2. The van der Waals surface area contributed by atoms with Crippen LogP contribution in [0.15, 0.2) is 54.6 Å². The molecule has 0 saturated heterocycles. The third-order valence-corrected chi connectivity index (χ3v) is 3.77. The maximum atomic E-state index is 12.5. The first-order valence-corrected chi connectivity index (χ1v) is 8.23. The van der Waals surface area contributed by atoms with Crippen LogP contribution in [0.2, 0.25) is 0 Å². The molecule has 2 aromatic rings. The van der Waals surface area contributed by atoms with Gasteiger partial charge < -0.3 is 15.0 Å². The van der Waals surface area contributed by atoms with Crippen LogP contribution in [-0.4, -0.2) is 37.4 Å². The zero-order valence-corrected chi connectivity index (χ0v) is 15.3. The predicted octanol–water partition coefficient (Wildman–Crippen LogP) is 3.82. The first-order valence-electron chi connectivity index (χ1n) is 8.23. The van der Waals surface area contributed by atoms with Crippen molar-refractivity contribution in [3.63, 3.8) is 0 Å². The Hall–Kier alpha value is -3.29. The molecule has 0 spiro atoms. The third-order valence-electron chi connectivity index (χ3n) is 3.77. The molecular weight excluding hydrogens is 373 g/mol. The molecule has 1 N–H and O–H groups in total. The van der Waals surface area contributed by atoms with Gasteiger partial charge in [0, 0.05) is 18.8 Å². The first kappa shape index (κ1) is 21.0. The SMILES string of the molecule is COc1cccc(/C=C/C(=O)N(C)CC(=O)Nc2ccc(C(F)(F)F)cc2)c1. The molecule has 0 atom stereocenters. The van der Waals surface area contributed by atoms with Crippen LogP contribution in [0.5, 0.6) is 5.75 Å². The van der Waals surface area contributed by atoms with Crippen molar-refractivity contribution in [3.8, 4) is 5.75 Å². The largest absolute Gasteiger partial charge is 0.497 e. The summed E-state index contributed by atoms with van der Waals surface area (Å²) < 4.78 is 42.7. The van der Waals surface area contributed by atoms with Crippen LogP contribution in [0.1, 0.15) is 11.1 Å². The van der Waals surface area contributed by atoms with E-state index in [2.05, 4.69) is 5.32 Å². The monoisotopic (exact) mass is 392 g/mol. The lowest BCUT2D eigenvalue weighted by molar-refractivity contribution is -0.137. The molecule has 0 bridgehead atoms. The Morgan fingerprint density at radius 2 is 1.82 bits per heavy atom. The van der Waals surface area contributed by atoms with Gasteiger partial charge >= 0.3 is 6.18 Å². The number of likely N-dealkylation sites (N-methyl/N-ethyl adjacent to an activating group) is 1. The van der Waals surface area contributed by atoms with Crippen LogP contribution in [-0.2, 0) is 15.8 Å². The van der Waals surface area contributed by atoms with Crippen molar-refractivity contribution >= 4 is 23.6 Å². The van der Waals surface area contributed by atoms with E-state index in [-0.39, 0.29) is 12.2 Å². The molecule has 2 amide bonds. The van der Waals surface area contributed by atoms with Gasteiger partial charge in [-0.2, -0.15) is 13.2 Å². The molecule has 28 heavy (non-hydrogen) atoms. The van der Waals surface area contributed by atoms with Crippen LogP contribution in [0, 0.1) is 0 Å². The van der Waals surface area contributed by atoms with Crippen molar-refractivity contribution in [2.24, 2.45) is 0 Å². The van der Waals surface area contributed by atoms with Crippen LogP contribution < -0.4 is 10.1 Å². The molecular formula is C20H19F3N2O3. The van der Waals surface area contributed by atoms with Gasteiger partial charge in [0.1, 0.15) is 5.75 Å². The molecule has 148 valence electrons. The number of carbonyl (C=O) groups excluding carboxylic acids is 2. The van der Waals surface area contributed by atoms with Crippen molar-refractivity contribution in [1.29, 1.82) is 0 Å². The van der Waals surface area contributed by atoms with Crippen molar-refractivity contribution < 1.29 is 27.5 Å². The lowest BCUT2D eigenvalue weighted by Crippen LogP contribution is -2.33. The van der Waals surface area contributed by atoms with Gasteiger partial charge in [0.05, 0.1) is 19.2 Å². The summed E-state index contributed by atoms with van der Waals surface area (Å²) >= 11 is 0. The zero-order chi connectivity index (χ0) is 20.7. The molecule has 0 aliphatic rings. The fourth-order valence-corrected chi connectivity index (χ4v) is 2.28. The second-order valence-electron chi connectivity index (χ2n) is 5.93. The highest BCUT2D eigenvalue weighted by molar-refractivity contribution is 5.97. The molecule has 2 aromatic carbocycles. The average Bonchev–Trinajstić information content (AvgIpc) is 2.65. The number of rotatable bonds is 6. The van der Waals surface area contributed by atoms with Crippen molar-refractivity contribution in [1.82, 2.24) is 4.90 Å². The maximum Gasteiger partial charge on any atom is 0.416 e. The number of carbonyl (C=O) groups is 2. The molecule has 0 radical (unpaired) electrons. The van der Waals surface area contributed by atoms with E-state index in [0.29, 0.717) is 5.75 Å². The van der Waals surface area contributed by atoms with E-state index >= 15 is 0 Å². The molecule has 0 fully saturated rings. The number of nitrogens with zero attached hydrogens (tertiary/aromatic N) is 1. The molecule has 5 nitrogen and oxygen atoms in total. The number of methoxy groups -OCH3 is 1. The standard InChI is InChI=1S/C20H19F3N2O3/c1-25(19(27)11-6-14-4-3-5-17(12-14)28-2)13-18(26)24-16-9-7-15(8-10-16)20(21,22)23/h3-12H,13H2,1-2H3,(H,24,26)/b11-6+. The maximum absolute atomic E-state index is 12.5. The van der Waals surface area contributed by atoms with Gasteiger partial charge in [0.25, 0.3) is 0 Å². The van der Waals surface area contributed by atoms with Gasteiger partial charge in [-0.1, -0.05) is 12.1 Å². The summed E-state index contributed by atoms with van der Waals surface area (Å²) in [5.41, 5.74) is 0.168. The molecule has 2 rings (SSSR count). The van der Waals surface area contributed by atoms with Crippen LogP contribution >= 0.6 is 0 Å². The Kier molecular flexibility index (Phi) is 6.81. The number of alkyl halides is 3. The third kappa shape index (κ3) is 6.15. The van der Waals surface area contributed by atoms with Crippen LogP contribution in [0.25, 0.3) is 6.08 Å². The Balaban J connectivity index is 1.90. The highest BCUT2D eigenvalue weighted by atomic mass is 19.4. The predicted molar refractivity (Wildman–Crippen MR) is 99.7 cm³/mol. The molecule has 0 aliphatic heterocycles. The summed E-state index contributed by atoms with van der Waals surface area (Å²) in [4.78, 5) is 25.3. The number of ether oxygens (including phenoxy) is 1. The van der Waals surface area contributed by atoms with Crippen LogP contribution in [0.3, 0.4) is 0 Å². The molecule has 8 heteroatoms. The molecule has 0 aliphatic carbocycles. The second-order valence-corrected chi connectivity index (χ2v) is 5.93. The number of anilines is 1. The normalized spacial score (nSPS) is 11.3. The fraction of sp³-hybridized carbons (Fsp3) is 0.200. The minimum absolute atomic E-state index is 0.214. The number of hydrogen-bond acceptors (Lipinski definition) is 3. The summed E-state index contributed by atoms with van der Waals surface area (Å²) in [5.74, 6) is -0.269. The van der Waals surface area contributed by atoms with Crippen molar-refractivity contribution in [2.45, 2.75) is 6.18 Å². The average molecular weight is 392 g/mol. The molecule has 0 aromatic heterocycles. The van der Waals surface area contributed by atoms with E-state index in [1.165, 1.54) is 25.1 Å². The molecule has 0 unspecified atom stereocenters. The highest BCUT2D eigenvalue weighted by Crippen LogP contribution is 2.29. The van der Waals surface area contributed by atoms with Gasteiger partial charge in [-0.3, -0.25) is 9.59 Å². The van der Waals surface area contributed by atoms with E-state index in [1.807, 2.05) is 0 Å². The Morgan fingerprint density at radius 3 is 2.43 bits per heavy atom. The second kappa shape index (κ2) is 9.07. The van der Waals surface area contributed by atoms with Gasteiger partial charge in [-0.15, -0.1) is 0 Å². The molecule has 0 saturated carbocycles. The number of halogens is 3. The minimum atomic E-state index is -4.44. The zero-order valence-electron chi connectivity index (χ0n) is 15.3. The Labute approximate surface area is 160 Å². The molecule has 0 heterocycles. The summed E-state index contributed by atoms with van der Waals surface area (Å²) in [7, 11) is 2.99. The summed E-state index contributed by atoms with van der Waals surface area (Å²) in [5, 5.41) is 2.45. The topological polar surface area (TPSA) is 58.6 Å². The smallest absolute Gasteiger partial charge is 0.416 e. The summed E-state index contributed by atoms with van der Waals surface area (Å²) in [6.45, 7) is -0.248. The van der Waals surface area contributed by atoms with E-state index in [4.69, 9.17) is 4.74 Å². The number of amides is 2. The quantitative estimate of drug-likeness (QED) is 0.761. The highest BCUT2D eigenvalue weighted by Gasteiger charge is 2.30. The van der Waals surface area contributed by atoms with Gasteiger partial charge in [0.15, 0.2) is 0 Å². The Bertz CT molecular complexity index is 862. The van der Waals surface area contributed by atoms with Gasteiger partial charge in [-0.05, 0) is 48.0 Å². The van der Waals surface area contributed by atoms with E-state index in [9.17, 15) is 22.8 Å². The number of benzene rings is 2. The summed E-state index contributed by atoms with van der Waals surface area (Å²) in [6, 6.07) is 11.2. The van der Waals surface area contributed by atoms with E-state index in [0.717, 1.165) is 29.8 Å². The number of nitrogens with one attached hydrogen (secondary N) is 1. The number of hydrogen-bond donors (Lipinski definition) is 1. The fourth-order valence-electron chi connectivity index (χ4n) is 2.28. The van der Waals surface area contributed by atoms with E-state index < -0.39 is 23.6 Å². The van der Waals surface area contributed by atoms with Gasteiger partial charge in [-0.25, -0.2) is 0 Å². The van der Waals surface area contributed by atoms with Gasteiger partial charge in [0.2, 0.25) is 11.8 Å². The van der Waals surface area contributed by atoms with Crippen LogP contribution in [0.4, 0.5) is 18.9 Å². The lowest BCUT2D eigenvalue weighted by Gasteiger charge is -2.15. The Morgan fingerprint density at radius 1 is 1.14 bits per heavy atom. The summed E-state index contributed by atoms with van der Waals surface area (Å²) in [6.07, 6.45) is -1.53. The lowest BCUT2D eigenvalue weighted by atomic mass is 10.2. The van der Waals surface area contributed by atoms with Crippen molar-refractivity contribution in [2.75, 3.05) is 26.0 Å². The van der Waals surface area contributed by atoms with Crippen molar-refractivity contribution in [3.05, 3.63) is 65.7 Å².